The summed E-state index contributed by atoms with van der Waals surface area (Å²) in [7, 11) is 0. The van der Waals surface area contributed by atoms with Crippen LogP contribution in [0.4, 0.5) is 11.4 Å². The van der Waals surface area contributed by atoms with Crippen molar-refractivity contribution in [3.8, 4) is 6.07 Å². The summed E-state index contributed by atoms with van der Waals surface area (Å²) in [6.45, 7) is 1.96. The Kier molecular flexibility index (Phi) is 5.48. The van der Waals surface area contributed by atoms with Crippen LogP contribution in [0.15, 0.2) is 48.5 Å². The third-order valence-electron chi connectivity index (χ3n) is 3.33. The summed E-state index contributed by atoms with van der Waals surface area (Å²) in [4.78, 5) is 23.8. The molecule has 2 aromatic rings. The Labute approximate surface area is 134 Å². The zero-order valence-electron chi connectivity index (χ0n) is 12.8. The normalized spacial score (nSPS) is 9.74. The zero-order chi connectivity index (χ0) is 16.7. The van der Waals surface area contributed by atoms with Gasteiger partial charge in [-0.05, 0) is 30.2 Å². The van der Waals surface area contributed by atoms with Crippen LogP contribution in [0.3, 0.4) is 0 Å². The lowest BCUT2D eigenvalue weighted by molar-refractivity contribution is -0.116. The van der Waals surface area contributed by atoms with Crippen LogP contribution in [0, 0.1) is 18.3 Å². The van der Waals surface area contributed by atoms with Gasteiger partial charge in [-0.2, -0.15) is 5.26 Å². The van der Waals surface area contributed by atoms with E-state index in [4.69, 9.17) is 5.26 Å². The minimum atomic E-state index is -0.409. The average molecular weight is 307 g/mol. The smallest absolute Gasteiger partial charge is 0.238 e. The van der Waals surface area contributed by atoms with E-state index < -0.39 is 5.91 Å². The van der Waals surface area contributed by atoms with Crippen molar-refractivity contribution >= 4 is 23.2 Å². The Hall–Kier alpha value is -3.13. The number of nitrogens with zero attached hydrogens (tertiary/aromatic N) is 1. The molecule has 0 atom stereocenters. The fourth-order valence-electron chi connectivity index (χ4n) is 2.14. The molecule has 0 radical (unpaired) electrons. The molecular formula is C18H17N3O2. The van der Waals surface area contributed by atoms with Gasteiger partial charge in [-0.25, -0.2) is 0 Å². The van der Waals surface area contributed by atoms with Crippen LogP contribution in [0.25, 0.3) is 0 Å². The molecule has 23 heavy (non-hydrogen) atoms. The number of nitriles is 1. The van der Waals surface area contributed by atoms with Gasteiger partial charge in [0.05, 0.1) is 23.9 Å². The van der Waals surface area contributed by atoms with E-state index in [9.17, 15) is 9.59 Å². The topological polar surface area (TPSA) is 82.0 Å². The highest BCUT2D eigenvalue weighted by atomic mass is 16.2. The first-order valence-electron chi connectivity index (χ1n) is 7.20. The molecule has 0 unspecified atom stereocenters. The van der Waals surface area contributed by atoms with E-state index in [-0.39, 0.29) is 18.7 Å². The molecule has 116 valence electrons. The van der Waals surface area contributed by atoms with Crippen molar-refractivity contribution in [3.63, 3.8) is 0 Å². The van der Waals surface area contributed by atoms with Crippen LogP contribution in [0.5, 0.6) is 0 Å². The molecule has 0 aliphatic rings. The molecule has 2 rings (SSSR count). The van der Waals surface area contributed by atoms with Gasteiger partial charge in [0, 0.05) is 0 Å². The number of para-hydroxylation sites is 2. The molecular weight excluding hydrogens is 290 g/mol. The van der Waals surface area contributed by atoms with Gasteiger partial charge in [-0.3, -0.25) is 9.59 Å². The van der Waals surface area contributed by atoms with E-state index in [1.54, 1.807) is 30.3 Å². The van der Waals surface area contributed by atoms with Gasteiger partial charge in [0.25, 0.3) is 0 Å². The van der Waals surface area contributed by atoms with Gasteiger partial charge in [0.1, 0.15) is 6.42 Å². The fourth-order valence-corrected chi connectivity index (χ4v) is 2.14. The summed E-state index contributed by atoms with van der Waals surface area (Å²) in [6.07, 6.45) is 0.0264. The second-order valence-corrected chi connectivity index (χ2v) is 5.08. The van der Waals surface area contributed by atoms with E-state index in [1.807, 2.05) is 31.2 Å². The Bertz CT molecular complexity index is 763. The van der Waals surface area contributed by atoms with Crippen molar-refractivity contribution in [2.24, 2.45) is 0 Å². The molecule has 0 fully saturated rings. The third-order valence-corrected chi connectivity index (χ3v) is 3.33. The predicted octanol–water partition coefficient (Wildman–Crippen LogP) is 3.03. The number of rotatable bonds is 5. The minimum absolute atomic E-state index is 0.165. The van der Waals surface area contributed by atoms with Gasteiger partial charge in [0.15, 0.2) is 0 Å². The predicted molar refractivity (Wildman–Crippen MR) is 88.8 cm³/mol. The van der Waals surface area contributed by atoms with Crippen molar-refractivity contribution in [3.05, 3.63) is 59.7 Å². The monoisotopic (exact) mass is 307 g/mol. The highest BCUT2D eigenvalue weighted by Crippen LogP contribution is 2.21. The van der Waals surface area contributed by atoms with Gasteiger partial charge >= 0.3 is 0 Å². The highest BCUT2D eigenvalue weighted by molar-refractivity contribution is 6.00. The Balaban J connectivity index is 2.08. The number of hydrogen-bond acceptors (Lipinski definition) is 3. The fraction of sp³-hybridized carbons (Fsp3) is 0.167. The van der Waals surface area contributed by atoms with E-state index in [1.165, 1.54) is 0 Å². The van der Waals surface area contributed by atoms with E-state index >= 15 is 0 Å². The van der Waals surface area contributed by atoms with Crippen molar-refractivity contribution in [1.29, 1.82) is 5.26 Å². The van der Waals surface area contributed by atoms with E-state index in [0.717, 1.165) is 11.1 Å². The maximum Gasteiger partial charge on any atom is 0.238 e. The lowest BCUT2D eigenvalue weighted by atomic mass is 10.1. The Morgan fingerprint density at radius 1 is 0.957 bits per heavy atom. The number of aryl methyl sites for hydroxylation is 1. The SMILES string of the molecule is Cc1ccccc1CC(=O)Nc1ccccc1NC(=O)CC#N. The Morgan fingerprint density at radius 3 is 2.13 bits per heavy atom. The largest absolute Gasteiger partial charge is 0.324 e. The summed E-state index contributed by atoms with van der Waals surface area (Å²) in [5.41, 5.74) is 3.00. The first kappa shape index (κ1) is 16.2. The number of amides is 2. The summed E-state index contributed by atoms with van der Waals surface area (Å²) >= 11 is 0. The number of carbonyl (C=O) groups is 2. The Morgan fingerprint density at radius 2 is 1.52 bits per heavy atom. The third kappa shape index (κ3) is 4.68. The molecule has 2 N–H and O–H groups in total. The van der Waals surface area contributed by atoms with Crippen LogP contribution in [0.1, 0.15) is 17.5 Å². The van der Waals surface area contributed by atoms with Gasteiger partial charge < -0.3 is 10.6 Å². The number of anilines is 2. The summed E-state index contributed by atoms with van der Waals surface area (Å²) in [6, 6.07) is 16.4. The van der Waals surface area contributed by atoms with Crippen molar-refractivity contribution in [2.45, 2.75) is 19.8 Å². The van der Waals surface area contributed by atoms with E-state index in [0.29, 0.717) is 11.4 Å². The second kappa shape index (κ2) is 7.76. The molecule has 0 aliphatic heterocycles. The van der Waals surface area contributed by atoms with Crippen molar-refractivity contribution in [1.82, 2.24) is 0 Å². The van der Waals surface area contributed by atoms with Crippen LogP contribution >= 0.6 is 0 Å². The number of benzene rings is 2. The number of nitrogens with one attached hydrogen (secondary N) is 2. The average Bonchev–Trinajstić information content (AvgIpc) is 2.52. The molecule has 0 heterocycles. The molecule has 2 amide bonds. The second-order valence-electron chi connectivity index (χ2n) is 5.08. The minimum Gasteiger partial charge on any atom is -0.324 e. The molecule has 5 nitrogen and oxygen atoms in total. The molecule has 0 aliphatic carbocycles. The maximum atomic E-state index is 12.2. The lowest BCUT2D eigenvalue weighted by Crippen LogP contribution is -2.18. The van der Waals surface area contributed by atoms with Gasteiger partial charge in [-0.15, -0.1) is 0 Å². The highest BCUT2D eigenvalue weighted by Gasteiger charge is 2.10. The first-order valence-corrected chi connectivity index (χ1v) is 7.20. The summed E-state index contributed by atoms with van der Waals surface area (Å²) < 4.78 is 0. The van der Waals surface area contributed by atoms with Crippen molar-refractivity contribution < 1.29 is 9.59 Å². The van der Waals surface area contributed by atoms with E-state index in [2.05, 4.69) is 10.6 Å². The maximum absolute atomic E-state index is 12.2. The molecule has 0 saturated heterocycles. The molecule has 0 aromatic heterocycles. The first-order chi connectivity index (χ1) is 11.1. The molecule has 0 spiro atoms. The summed E-state index contributed by atoms with van der Waals surface area (Å²) in [5, 5.41) is 14.0. The molecule has 0 saturated carbocycles. The molecule has 2 aromatic carbocycles. The zero-order valence-corrected chi connectivity index (χ0v) is 12.8. The number of carbonyl (C=O) groups excluding carboxylic acids is 2. The number of hydrogen-bond donors (Lipinski definition) is 2. The van der Waals surface area contributed by atoms with Crippen LogP contribution in [0.2, 0.25) is 0 Å². The van der Waals surface area contributed by atoms with Crippen LogP contribution < -0.4 is 10.6 Å². The van der Waals surface area contributed by atoms with Crippen LogP contribution in [-0.4, -0.2) is 11.8 Å². The lowest BCUT2D eigenvalue weighted by Gasteiger charge is -2.12. The molecule has 5 heteroatoms. The quantitative estimate of drug-likeness (QED) is 0.890. The van der Waals surface area contributed by atoms with Gasteiger partial charge in [0.2, 0.25) is 11.8 Å². The van der Waals surface area contributed by atoms with Crippen LogP contribution in [-0.2, 0) is 16.0 Å². The van der Waals surface area contributed by atoms with Gasteiger partial charge in [-0.1, -0.05) is 36.4 Å². The van der Waals surface area contributed by atoms with Crippen molar-refractivity contribution in [2.75, 3.05) is 10.6 Å². The molecule has 0 bridgehead atoms. The summed E-state index contributed by atoms with van der Waals surface area (Å²) in [5.74, 6) is -0.575. The standard InChI is InChI=1S/C18H17N3O2/c1-13-6-2-3-7-14(13)12-18(23)21-16-9-5-4-8-15(16)20-17(22)10-11-19/h2-9H,10,12H2,1H3,(H,20,22)(H,21,23).